The quantitative estimate of drug-likeness (QED) is 0.627. The van der Waals surface area contributed by atoms with E-state index in [9.17, 15) is 4.79 Å². The molecule has 0 saturated heterocycles. The molecule has 1 aromatic carbocycles. The van der Waals surface area contributed by atoms with Crippen LogP contribution >= 0.6 is 11.3 Å². The molecule has 0 fully saturated rings. The average molecular weight is 351 g/mol. The molecule has 0 unspecified atom stereocenters. The van der Waals surface area contributed by atoms with Crippen LogP contribution in [0.5, 0.6) is 0 Å². The van der Waals surface area contributed by atoms with Gasteiger partial charge < -0.3 is 5.32 Å². The van der Waals surface area contributed by atoms with Crippen LogP contribution in [0.2, 0.25) is 0 Å². The number of benzene rings is 1. The first kappa shape index (κ1) is 17.3. The molecular weight excluding hydrogens is 330 g/mol. The number of hydrogen-bond donors (Lipinski definition) is 1. The molecule has 1 N–H and O–H groups in total. The Labute approximate surface area is 152 Å². The summed E-state index contributed by atoms with van der Waals surface area (Å²) in [4.78, 5) is 20.8. The van der Waals surface area contributed by atoms with Gasteiger partial charge >= 0.3 is 0 Å². The van der Waals surface area contributed by atoms with Crippen molar-refractivity contribution in [1.29, 1.82) is 0 Å². The number of pyridine rings is 1. The van der Waals surface area contributed by atoms with Gasteiger partial charge in [0.1, 0.15) is 0 Å². The van der Waals surface area contributed by atoms with Crippen molar-refractivity contribution in [3.8, 4) is 11.4 Å². The van der Waals surface area contributed by atoms with Crippen LogP contribution in [0.25, 0.3) is 11.4 Å². The lowest BCUT2D eigenvalue weighted by atomic mass is 10.1. The standard InChI is InChI=1S/C20H21N3OS/c24-19(22-14-6-9-16-7-2-1-3-8-16)11-12-20-23-18(15-25-20)17-10-4-5-13-21-17/h1-5,7-8,10,13,15H,6,9,11-12,14H2,(H,22,24). The normalized spacial score (nSPS) is 10.6. The van der Waals surface area contributed by atoms with Gasteiger partial charge in [0.25, 0.3) is 0 Å². The fourth-order valence-electron chi connectivity index (χ4n) is 2.53. The minimum Gasteiger partial charge on any atom is -0.356 e. The van der Waals surface area contributed by atoms with Crippen molar-refractivity contribution in [3.05, 3.63) is 70.7 Å². The number of aryl methyl sites for hydroxylation is 2. The SMILES string of the molecule is O=C(CCc1nc(-c2ccccn2)cs1)NCCCc1ccccc1. The van der Waals surface area contributed by atoms with Gasteiger partial charge in [0.15, 0.2) is 0 Å². The minimum atomic E-state index is 0.0858. The van der Waals surface area contributed by atoms with Crippen LogP contribution in [0.4, 0.5) is 0 Å². The molecule has 0 atom stereocenters. The molecule has 128 valence electrons. The van der Waals surface area contributed by atoms with E-state index in [1.54, 1.807) is 17.5 Å². The number of aromatic nitrogens is 2. The molecule has 0 radical (unpaired) electrons. The van der Waals surface area contributed by atoms with Crippen LogP contribution in [0, 0.1) is 0 Å². The molecule has 0 bridgehead atoms. The maximum Gasteiger partial charge on any atom is 0.220 e. The number of amides is 1. The topological polar surface area (TPSA) is 54.9 Å². The zero-order chi connectivity index (χ0) is 17.3. The van der Waals surface area contributed by atoms with E-state index in [1.807, 2.05) is 41.8 Å². The molecule has 0 spiro atoms. The Hall–Kier alpha value is -2.53. The van der Waals surface area contributed by atoms with Gasteiger partial charge in [-0.25, -0.2) is 4.98 Å². The molecule has 5 heteroatoms. The highest BCUT2D eigenvalue weighted by Crippen LogP contribution is 2.20. The van der Waals surface area contributed by atoms with E-state index in [0.29, 0.717) is 19.4 Å². The van der Waals surface area contributed by atoms with Gasteiger partial charge in [-0.2, -0.15) is 0 Å². The van der Waals surface area contributed by atoms with Crippen LogP contribution < -0.4 is 5.32 Å². The lowest BCUT2D eigenvalue weighted by Crippen LogP contribution is -2.24. The highest BCUT2D eigenvalue weighted by Gasteiger charge is 2.07. The molecule has 25 heavy (non-hydrogen) atoms. The number of carbonyl (C=O) groups is 1. The third-order valence-electron chi connectivity index (χ3n) is 3.85. The second-order valence-corrected chi connectivity index (χ2v) is 6.72. The molecule has 0 aliphatic heterocycles. The summed E-state index contributed by atoms with van der Waals surface area (Å²) < 4.78 is 0. The third-order valence-corrected chi connectivity index (χ3v) is 4.76. The van der Waals surface area contributed by atoms with Gasteiger partial charge in [-0.05, 0) is 30.5 Å². The third kappa shape index (κ3) is 5.50. The van der Waals surface area contributed by atoms with Crippen LogP contribution in [0.3, 0.4) is 0 Å². The van der Waals surface area contributed by atoms with Crippen molar-refractivity contribution in [3.63, 3.8) is 0 Å². The number of thiazole rings is 1. The van der Waals surface area contributed by atoms with Crippen LogP contribution in [-0.2, 0) is 17.6 Å². The zero-order valence-electron chi connectivity index (χ0n) is 14.0. The molecule has 1 amide bonds. The summed E-state index contributed by atoms with van der Waals surface area (Å²) in [6.07, 6.45) is 4.84. The van der Waals surface area contributed by atoms with Crippen LogP contribution in [0.15, 0.2) is 60.1 Å². The lowest BCUT2D eigenvalue weighted by molar-refractivity contribution is -0.121. The van der Waals surface area contributed by atoms with Crippen molar-refractivity contribution in [2.75, 3.05) is 6.54 Å². The molecule has 0 aliphatic rings. The Balaban J connectivity index is 1.37. The summed E-state index contributed by atoms with van der Waals surface area (Å²) >= 11 is 1.58. The van der Waals surface area contributed by atoms with E-state index in [4.69, 9.17) is 0 Å². The number of carbonyl (C=O) groups excluding carboxylic acids is 1. The first-order chi connectivity index (χ1) is 12.3. The van der Waals surface area contributed by atoms with Crippen molar-refractivity contribution in [2.45, 2.75) is 25.7 Å². The summed E-state index contributed by atoms with van der Waals surface area (Å²) in [5.41, 5.74) is 3.06. The fourth-order valence-corrected chi connectivity index (χ4v) is 3.32. The molecule has 0 saturated carbocycles. The number of nitrogens with one attached hydrogen (secondary N) is 1. The predicted octanol–water partition coefficient (Wildman–Crippen LogP) is 3.89. The predicted molar refractivity (Wildman–Crippen MR) is 101 cm³/mol. The van der Waals surface area contributed by atoms with E-state index in [1.165, 1.54) is 5.56 Å². The van der Waals surface area contributed by atoms with Gasteiger partial charge in [0.2, 0.25) is 5.91 Å². The smallest absolute Gasteiger partial charge is 0.220 e. The summed E-state index contributed by atoms with van der Waals surface area (Å²) in [6, 6.07) is 16.1. The van der Waals surface area contributed by atoms with Gasteiger partial charge in [-0.3, -0.25) is 9.78 Å². The van der Waals surface area contributed by atoms with Crippen molar-refractivity contribution in [2.24, 2.45) is 0 Å². The average Bonchev–Trinajstić information content (AvgIpc) is 3.14. The Kier molecular flexibility index (Phi) is 6.29. The molecule has 2 heterocycles. The highest BCUT2D eigenvalue weighted by atomic mass is 32.1. The highest BCUT2D eigenvalue weighted by molar-refractivity contribution is 7.09. The summed E-state index contributed by atoms with van der Waals surface area (Å²) in [6.45, 7) is 0.713. The van der Waals surface area contributed by atoms with E-state index >= 15 is 0 Å². The van der Waals surface area contributed by atoms with Crippen LogP contribution in [-0.4, -0.2) is 22.4 Å². The van der Waals surface area contributed by atoms with E-state index < -0.39 is 0 Å². The Morgan fingerprint density at radius 3 is 2.64 bits per heavy atom. The Bertz CT molecular complexity index is 787. The summed E-state index contributed by atoms with van der Waals surface area (Å²) in [7, 11) is 0. The number of nitrogens with zero attached hydrogens (tertiary/aromatic N) is 2. The fraction of sp³-hybridized carbons (Fsp3) is 0.250. The van der Waals surface area contributed by atoms with Gasteiger partial charge in [0, 0.05) is 31.0 Å². The maximum atomic E-state index is 12.0. The Morgan fingerprint density at radius 2 is 1.84 bits per heavy atom. The monoisotopic (exact) mass is 351 g/mol. The first-order valence-corrected chi connectivity index (χ1v) is 9.35. The van der Waals surface area contributed by atoms with E-state index in [2.05, 4.69) is 27.4 Å². The molecule has 3 rings (SSSR count). The van der Waals surface area contributed by atoms with Gasteiger partial charge in [0.05, 0.1) is 16.4 Å². The van der Waals surface area contributed by atoms with Gasteiger partial charge in [-0.1, -0.05) is 36.4 Å². The molecule has 3 aromatic rings. The second-order valence-electron chi connectivity index (χ2n) is 5.78. The first-order valence-electron chi connectivity index (χ1n) is 8.48. The summed E-state index contributed by atoms with van der Waals surface area (Å²) in [5, 5.41) is 5.95. The molecule has 2 aromatic heterocycles. The van der Waals surface area contributed by atoms with Gasteiger partial charge in [-0.15, -0.1) is 11.3 Å². The van der Waals surface area contributed by atoms with Crippen molar-refractivity contribution < 1.29 is 4.79 Å². The molecular formula is C20H21N3OS. The molecule has 0 aliphatic carbocycles. The lowest BCUT2D eigenvalue weighted by Gasteiger charge is -2.04. The number of hydrogen-bond acceptors (Lipinski definition) is 4. The van der Waals surface area contributed by atoms with E-state index in [0.717, 1.165) is 29.2 Å². The minimum absolute atomic E-state index is 0.0858. The maximum absolute atomic E-state index is 12.0. The van der Waals surface area contributed by atoms with Crippen molar-refractivity contribution in [1.82, 2.24) is 15.3 Å². The van der Waals surface area contributed by atoms with E-state index in [-0.39, 0.29) is 5.91 Å². The zero-order valence-corrected chi connectivity index (χ0v) is 14.8. The van der Waals surface area contributed by atoms with Crippen LogP contribution in [0.1, 0.15) is 23.4 Å². The Morgan fingerprint density at radius 1 is 1.00 bits per heavy atom. The summed E-state index contributed by atoms with van der Waals surface area (Å²) in [5.74, 6) is 0.0858. The second kappa shape index (κ2) is 9.08. The molecule has 4 nitrogen and oxygen atoms in total. The number of rotatable bonds is 8. The van der Waals surface area contributed by atoms with Crippen molar-refractivity contribution >= 4 is 17.2 Å². The largest absolute Gasteiger partial charge is 0.356 e.